The fraction of sp³-hybridized carbons (Fsp3) is 0.960. The van der Waals surface area contributed by atoms with Crippen molar-refractivity contribution in [3.63, 3.8) is 0 Å². The highest BCUT2D eigenvalue weighted by molar-refractivity contribution is 4.54. The quantitative estimate of drug-likeness (QED) is 0.222. The van der Waals surface area contributed by atoms with Crippen molar-refractivity contribution in [1.29, 1.82) is 0 Å². The molecule has 0 amide bonds. The fourth-order valence-corrected chi connectivity index (χ4v) is 3.30. The molecule has 0 aliphatic rings. The second-order valence-electron chi connectivity index (χ2n) is 8.63. The van der Waals surface area contributed by atoms with E-state index in [1.54, 1.807) is 0 Å². The van der Waals surface area contributed by atoms with Crippen molar-refractivity contribution in [2.75, 3.05) is 27.2 Å². The van der Waals surface area contributed by atoms with E-state index >= 15 is 0 Å². The summed E-state index contributed by atoms with van der Waals surface area (Å²) in [6.45, 7) is 7.02. The zero-order valence-corrected chi connectivity index (χ0v) is 19.8. The van der Waals surface area contributed by atoms with Gasteiger partial charge in [0.1, 0.15) is 0 Å². The molecule has 0 bridgehead atoms. The van der Waals surface area contributed by atoms with Gasteiger partial charge in [-0.15, -0.1) is 0 Å². The monoisotopic (exact) mass is 400 g/mol. The van der Waals surface area contributed by atoms with E-state index in [0.717, 1.165) is 0 Å². The Morgan fingerprint density at radius 1 is 0.643 bits per heavy atom. The van der Waals surface area contributed by atoms with Crippen LogP contribution in [0, 0.1) is 6.92 Å². The molecule has 0 saturated carbocycles. The Morgan fingerprint density at radius 3 is 1.25 bits per heavy atom. The molecule has 28 heavy (non-hydrogen) atoms. The molecule has 0 aromatic heterocycles. The van der Waals surface area contributed by atoms with E-state index in [9.17, 15) is 0 Å². The van der Waals surface area contributed by atoms with Gasteiger partial charge in [-0.05, 0) is 46.8 Å². The maximum absolute atomic E-state index is 8.46. The minimum Gasteiger partial charge on any atom is -0.396 e. The molecule has 1 atom stereocenters. The lowest BCUT2D eigenvalue weighted by atomic mass is 10.0. The minimum absolute atomic E-state index is 0.145. The van der Waals surface area contributed by atoms with Gasteiger partial charge in [0.25, 0.3) is 0 Å². The Kier molecular flexibility index (Phi) is 28.9. The SMILES string of the molecule is CCCCCCCCCCCCCCCCCCN(C)C.[CH2]C(O)CCCO. The standard InChI is InChI=1S/C20H43N.C5H11O2/c1-4-5-6-7-8-9-10-11-12-13-14-15-16-17-18-19-20-21(2)3;1-5(7)3-2-4-6/h4-20H2,1-3H3;5-7H,1-4H2. The molecule has 171 valence electrons. The predicted octanol–water partition coefficient (Wildman–Crippen LogP) is 6.76. The number of unbranched alkanes of at least 4 members (excludes halogenated alkanes) is 15. The summed E-state index contributed by atoms with van der Waals surface area (Å²) in [6.07, 6.45) is 24.0. The van der Waals surface area contributed by atoms with E-state index < -0.39 is 6.10 Å². The number of aliphatic hydroxyl groups excluding tert-OH is 2. The van der Waals surface area contributed by atoms with Crippen molar-refractivity contribution in [2.45, 2.75) is 129 Å². The predicted molar refractivity (Wildman–Crippen MR) is 126 cm³/mol. The molecule has 3 heteroatoms. The Bertz CT molecular complexity index is 257. The lowest BCUT2D eigenvalue weighted by Crippen LogP contribution is -2.12. The van der Waals surface area contributed by atoms with Crippen LogP contribution in [0.1, 0.15) is 122 Å². The second kappa shape index (κ2) is 26.9. The number of rotatable bonds is 20. The first kappa shape index (κ1) is 30.1. The van der Waals surface area contributed by atoms with E-state index in [-0.39, 0.29) is 6.61 Å². The molecular formula is C25H54NO2. The third kappa shape index (κ3) is 33.5. The molecule has 0 aliphatic heterocycles. The van der Waals surface area contributed by atoms with Crippen LogP contribution >= 0.6 is 0 Å². The van der Waals surface area contributed by atoms with Crippen LogP contribution in [0.25, 0.3) is 0 Å². The molecule has 0 spiro atoms. The van der Waals surface area contributed by atoms with Crippen LogP contribution in [0.4, 0.5) is 0 Å². The van der Waals surface area contributed by atoms with Gasteiger partial charge in [-0.2, -0.15) is 0 Å². The highest BCUT2D eigenvalue weighted by Crippen LogP contribution is 2.13. The average Bonchev–Trinajstić information content (AvgIpc) is 2.66. The molecule has 0 rings (SSSR count). The van der Waals surface area contributed by atoms with E-state index in [4.69, 9.17) is 10.2 Å². The molecule has 3 nitrogen and oxygen atoms in total. The minimum atomic E-state index is -0.507. The average molecular weight is 401 g/mol. The largest absolute Gasteiger partial charge is 0.396 e. The summed E-state index contributed by atoms with van der Waals surface area (Å²) in [6, 6.07) is 0. The lowest BCUT2D eigenvalue weighted by Gasteiger charge is -2.08. The highest BCUT2D eigenvalue weighted by atomic mass is 16.3. The molecule has 0 saturated heterocycles. The van der Waals surface area contributed by atoms with Gasteiger partial charge < -0.3 is 15.1 Å². The first-order chi connectivity index (χ1) is 13.5. The maximum Gasteiger partial charge on any atom is 0.0542 e. The Balaban J connectivity index is 0. The van der Waals surface area contributed by atoms with Gasteiger partial charge in [0.05, 0.1) is 6.10 Å². The molecule has 0 heterocycles. The molecule has 1 radical (unpaired) electrons. The third-order valence-electron chi connectivity index (χ3n) is 5.15. The van der Waals surface area contributed by atoms with E-state index in [2.05, 4.69) is 32.8 Å². The first-order valence-corrected chi connectivity index (χ1v) is 12.3. The van der Waals surface area contributed by atoms with Crippen molar-refractivity contribution in [2.24, 2.45) is 0 Å². The van der Waals surface area contributed by atoms with Crippen molar-refractivity contribution >= 4 is 0 Å². The van der Waals surface area contributed by atoms with Crippen LogP contribution in [-0.4, -0.2) is 48.5 Å². The van der Waals surface area contributed by atoms with Crippen LogP contribution in [0.3, 0.4) is 0 Å². The molecule has 1 unspecified atom stereocenters. The van der Waals surface area contributed by atoms with E-state index in [0.29, 0.717) is 12.8 Å². The lowest BCUT2D eigenvalue weighted by molar-refractivity contribution is 0.188. The van der Waals surface area contributed by atoms with Crippen LogP contribution in [0.5, 0.6) is 0 Å². The number of hydrogen-bond donors (Lipinski definition) is 2. The summed E-state index contributed by atoms with van der Waals surface area (Å²) < 4.78 is 0. The van der Waals surface area contributed by atoms with Gasteiger partial charge in [0.15, 0.2) is 0 Å². The van der Waals surface area contributed by atoms with Crippen LogP contribution < -0.4 is 0 Å². The molecule has 0 aliphatic carbocycles. The van der Waals surface area contributed by atoms with Crippen molar-refractivity contribution in [3.8, 4) is 0 Å². The molecular weight excluding hydrogens is 346 g/mol. The first-order valence-electron chi connectivity index (χ1n) is 12.3. The number of hydrogen-bond acceptors (Lipinski definition) is 3. The number of aliphatic hydroxyl groups is 2. The van der Waals surface area contributed by atoms with E-state index in [1.165, 1.54) is 109 Å². The summed E-state index contributed by atoms with van der Waals surface area (Å²) in [7, 11) is 4.34. The Morgan fingerprint density at radius 2 is 1.00 bits per heavy atom. The summed E-state index contributed by atoms with van der Waals surface area (Å²) in [5.41, 5.74) is 0. The van der Waals surface area contributed by atoms with Gasteiger partial charge in [0.2, 0.25) is 0 Å². The highest BCUT2D eigenvalue weighted by Gasteiger charge is 1.95. The Hall–Kier alpha value is -0.120. The molecule has 0 aromatic carbocycles. The normalized spacial score (nSPS) is 12.1. The zero-order chi connectivity index (χ0) is 21.3. The zero-order valence-electron chi connectivity index (χ0n) is 19.8. The molecule has 2 N–H and O–H groups in total. The van der Waals surface area contributed by atoms with Gasteiger partial charge in [-0.3, -0.25) is 0 Å². The van der Waals surface area contributed by atoms with Crippen molar-refractivity contribution in [3.05, 3.63) is 6.92 Å². The molecule has 0 fully saturated rings. The fourth-order valence-electron chi connectivity index (χ4n) is 3.30. The van der Waals surface area contributed by atoms with Crippen LogP contribution in [0.15, 0.2) is 0 Å². The molecule has 0 aromatic rings. The summed E-state index contributed by atoms with van der Waals surface area (Å²) in [5, 5.41) is 16.6. The van der Waals surface area contributed by atoms with Gasteiger partial charge >= 0.3 is 0 Å². The van der Waals surface area contributed by atoms with Crippen molar-refractivity contribution in [1.82, 2.24) is 4.90 Å². The van der Waals surface area contributed by atoms with Gasteiger partial charge in [-0.1, -0.05) is 103 Å². The van der Waals surface area contributed by atoms with E-state index in [1.807, 2.05) is 0 Å². The second-order valence-corrected chi connectivity index (χ2v) is 8.63. The summed E-state index contributed by atoms with van der Waals surface area (Å²) >= 11 is 0. The topological polar surface area (TPSA) is 43.7 Å². The van der Waals surface area contributed by atoms with Crippen molar-refractivity contribution < 1.29 is 10.2 Å². The smallest absolute Gasteiger partial charge is 0.0542 e. The Labute approximate surface area is 178 Å². The van der Waals surface area contributed by atoms with Crippen LogP contribution in [-0.2, 0) is 0 Å². The van der Waals surface area contributed by atoms with Gasteiger partial charge in [-0.25, -0.2) is 0 Å². The number of nitrogens with zero attached hydrogens (tertiary/aromatic N) is 1. The summed E-state index contributed by atoms with van der Waals surface area (Å²) in [5.74, 6) is 0. The van der Waals surface area contributed by atoms with Crippen LogP contribution in [0.2, 0.25) is 0 Å². The van der Waals surface area contributed by atoms with Gasteiger partial charge in [0, 0.05) is 6.61 Å². The summed E-state index contributed by atoms with van der Waals surface area (Å²) in [4.78, 5) is 2.30. The third-order valence-corrected chi connectivity index (χ3v) is 5.15. The maximum atomic E-state index is 8.46.